The molecule has 114 valence electrons. The summed E-state index contributed by atoms with van der Waals surface area (Å²) in [5.74, 6) is 0.475. The van der Waals surface area contributed by atoms with E-state index in [2.05, 4.69) is 25.5 Å². The van der Waals surface area contributed by atoms with Crippen molar-refractivity contribution in [3.8, 4) is 0 Å². The van der Waals surface area contributed by atoms with Crippen molar-refractivity contribution in [1.82, 2.24) is 29.5 Å². The quantitative estimate of drug-likeness (QED) is 0.732. The van der Waals surface area contributed by atoms with Crippen molar-refractivity contribution in [2.24, 2.45) is 14.1 Å². The van der Waals surface area contributed by atoms with Crippen LogP contribution in [-0.4, -0.2) is 29.5 Å². The molecule has 4 rings (SSSR count). The maximum Gasteiger partial charge on any atom is 0.263 e. The van der Waals surface area contributed by atoms with Crippen LogP contribution in [0.15, 0.2) is 17.2 Å². The van der Waals surface area contributed by atoms with E-state index in [9.17, 15) is 4.79 Å². The summed E-state index contributed by atoms with van der Waals surface area (Å²) in [7, 11) is 3.70. The van der Waals surface area contributed by atoms with Crippen LogP contribution in [0.2, 0.25) is 0 Å². The number of anilines is 1. The highest BCUT2D eigenvalue weighted by atomic mass is 16.1. The summed E-state index contributed by atoms with van der Waals surface area (Å²) < 4.78 is 3.44. The van der Waals surface area contributed by atoms with Crippen molar-refractivity contribution >= 4 is 17.0 Å². The van der Waals surface area contributed by atoms with Crippen LogP contribution in [0, 0.1) is 0 Å². The third kappa shape index (κ3) is 1.99. The molecular weight excluding hydrogens is 282 g/mol. The van der Waals surface area contributed by atoms with Crippen molar-refractivity contribution < 1.29 is 0 Å². The summed E-state index contributed by atoms with van der Waals surface area (Å²) in [5, 5.41) is 12.4. The Morgan fingerprint density at radius 3 is 3.14 bits per heavy atom. The van der Waals surface area contributed by atoms with Crippen LogP contribution in [0.5, 0.6) is 0 Å². The monoisotopic (exact) mass is 299 g/mol. The van der Waals surface area contributed by atoms with Crippen LogP contribution in [-0.2, 0) is 20.5 Å². The van der Waals surface area contributed by atoms with Crippen molar-refractivity contribution in [3.63, 3.8) is 0 Å². The summed E-state index contributed by atoms with van der Waals surface area (Å²) in [6, 6.07) is 0.117. The first kappa shape index (κ1) is 13.1. The van der Waals surface area contributed by atoms with Crippen LogP contribution in [0.3, 0.4) is 0 Å². The van der Waals surface area contributed by atoms with Crippen LogP contribution < -0.4 is 10.9 Å². The standard InChI is InChI=1S/C14H17N7O/c1-20-7-9-10(4-3-5-11(9)19-20)16-14-17-12-8(13(22)18-14)6-15-21(12)2/h6-7,10H,3-5H2,1-2H3,(H2,16,17,18,22). The second-order valence-electron chi connectivity index (χ2n) is 5.71. The predicted molar refractivity (Wildman–Crippen MR) is 81.6 cm³/mol. The molecule has 3 aromatic heterocycles. The van der Waals surface area contributed by atoms with E-state index in [1.165, 1.54) is 11.8 Å². The molecule has 1 aliphatic rings. The summed E-state index contributed by atoms with van der Waals surface area (Å²) in [6.07, 6.45) is 6.63. The first-order chi connectivity index (χ1) is 10.6. The highest BCUT2D eigenvalue weighted by Crippen LogP contribution is 2.30. The Labute approximate surface area is 126 Å². The lowest BCUT2D eigenvalue weighted by atomic mass is 9.93. The third-order valence-corrected chi connectivity index (χ3v) is 4.13. The summed E-state index contributed by atoms with van der Waals surface area (Å²) in [6.45, 7) is 0. The normalized spacial score (nSPS) is 17.6. The molecule has 0 spiro atoms. The number of aromatic amines is 1. The molecule has 0 bridgehead atoms. The molecule has 2 N–H and O–H groups in total. The highest BCUT2D eigenvalue weighted by Gasteiger charge is 2.23. The molecule has 22 heavy (non-hydrogen) atoms. The molecule has 0 fully saturated rings. The number of fused-ring (bicyclic) bond motifs is 2. The maximum atomic E-state index is 12.1. The lowest BCUT2D eigenvalue weighted by Gasteiger charge is -2.22. The van der Waals surface area contributed by atoms with Crippen LogP contribution >= 0.6 is 0 Å². The smallest absolute Gasteiger partial charge is 0.263 e. The van der Waals surface area contributed by atoms with Crippen molar-refractivity contribution in [2.75, 3.05) is 5.32 Å². The van der Waals surface area contributed by atoms with E-state index in [0.717, 1.165) is 25.0 Å². The second kappa shape index (κ2) is 4.69. The van der Waals surface area contributed by atoms with Gasteiger partial charge in [0.1, 0.15) is 5.39 Å². The van der Waals surface area contributed by atoms with Crippen LogP contribution in [0.25, 0.3) is 11.0 Å². The van der Waals surface area contributed by atoms with E-state index in [1.807, 2.05) is 17.9 Å². The van der Waals surface area contributed by atoms with Gasteiger partial charge in [-0.05, 0) is 19.3 Å². The van der Waals surface area contributed by atoms with Gasteiger partial charge in [-0.1, -0.05) is 0 Å². The van der Waals surface area contributed by atoms with Gasteiger partial charge in [-0.2, -0.15) is 15.2 Å². The van der Waals surface area contributed by atoms with Crippen molar-refractivity contribution in [3.05, 3.63) is 34.0 Å². The minimum absolute atomic E-state index is 0.117. The lowest BCUT2D eigenvalue weighted by Crippen LogP contribution is -2.20. The Bertz CT molecular complexity index is 904. The minimum atomic E-state index is -0.178. The van der Waals surface area contributed by atoms with Gasteiger partial charge in [0.15, 0.2) is 5.65 Å². The van der Waals surface area contributed by atoms with E-state index in [-0.39, 0.29) is 11.6 Å². The average molecular weight is 299 g/mol. The van der Waals surface area contributed by atoms with Gasteiger partial charge in [-0.15, -0.1) is 0 Å². The Hall–Kier alpha value is -2.64. The molecular formula is C14H17N7O. The number of hydrogen-bond donors (Lipinski definition) is 2. The number of nitrogens with one attached hydrogen (secondary N) is 2. The first-order valence-corrected chi connectivity index (χ1v) is 7.33. The highest BCUT2D eigenvalue weighted by molar-refractivity contribution is 5.74. The van der Waals surface area contributed by atoms with E-state index in [4.69, 9.17) is 0 Å². The Morgan fingerprint density at radius 1 is 1.41 bits per heavy atom. The number of aryl methyl sites for hydroxylation is 3. The fourth-order valence-corrected chi connectivity index (χ4v) is 3.08. The van der Waals surface area contributed by atoms with Crippen LogP contribution in [0.4, 0.5) is 5.95 Å². The van der Waals surface area contributed by atoms with Gasteiger partial charge in [0.2, 0.25) is 5.95 Å². The van der Waals surface area contributed by atoms with Gasteiger partial charge in [0.05, 0.1) is 17.9 Å². The van der Waals surface area contributed by atoms with Crippen LogP contribution in [0.1, 0.15) is 30.1 Å². The summed E-state index contributed by atoms with van der Waals surface area (Å²) in [4.78, 5) is 19.4. The molecule has 0 saturated heterocycles. The SMILES string of the molecule is Cn1cc2c(n1)CCCC2Nc1nc2c(cnn2C)c(=O)[nH]1. The number of nitrogens with zero attached hydrogens (tertiary/aromatic N) is 5. The number of hydrogen-bond acceptors (Lipinski definition) is 5. The van der Waals surface area contributed by atoms with Crippen molar-refractivity contribution in [1.29, 1.82) is 0 Å². The Kier molecular flexibility index (Phi) is 2.78. The second-order valence-corrected chi connectivity index (χ2v) is 5.71. The van der Waals surface area contributed by atoms with E-state index >= 15 is 0 Å². The number of aromatic nitrogens is 6. The van der Waals surface area contributed by atoms with E-state index in [1.54, 1.807) is 11.7 Å². The zero-order valence-electron chi connectivity index (χ0n) is 12.5. The van der Waals surface area contributed by atoms with E-state index in [0.29, 0.717) is 17.0 Å². The van der Waals surface area contributed by atoms with E-state index < -0.39 is 0 Å². The lowest BCUT2D eigenvalue weighted by molar-refractivity contribution is 0.589. The summed E-state index contributed by atoms with van der Waals surface area (Å²) >= 11 is 0. The molecule has 1 aliphatic carbocycles. The van der Waals surface area contributed by atoms with Gasteiger partial charge < -0.3 is 5.32 Å². The fraction of sp³-hybridized carbons (Fsp3) is 0.429. The summed E-state index contributed by atoms with van der Waals surface area (Å²) in [5.41, 5.74) is 2.70. The number of H-pyrrole nitrogens is 1. The molecule has 1 unspecified atom stereocenters. The minimum Gasteiger partial charge on any atom is -0.349 e. The van der Waals surface area contributed by atoms with Gasteiger partial charge in [0.25, 0.3) is 5.56 Å². The fourth-order valence-electron chi connectivity index (χ4n) is 3.08. The largest absolute Gasteiger partial charge is 0.349 e. The molecule has 0 radical (unpaired) electrons. The van der Waals surface area contributed by atoms with Crippen molar-refractivity contribution in [2.45, 2.75) is 25.3 Å². The molecule has 0 amide bonds. The van der Waals surface area contributed by atoms with Gasteiger partial charge in [-0.25, -0.2) is 0 Å². The molecule has 0 aliphatic heterocycles. The number of rotatable bonds is 2. The van der Waals surface area contributed by atoms with Gasteiger partial charge >= 0.3 is 0 Å². The third-order valence-electron chi connectivity index (χ3n) is 4.13. The molecule has 3 aromatic rings. The Morgan fingerprint density at radius 2 is 2.27 bits per heavy atom. The zero-order valence-corrected chi connectivity index (χ0v) is 12.5. The van der Waals surface area contributed by atoms with Gasteiger partial charge in [0, 0.05) is 25.9 Å². The molecule has 3 heterocycles. The topological polar surface area (TPSA) is 93.4 Å². The molecule has 1 atom stereocenters. The maximum absolute atomic E-state index is 12.1. The molecule has 0 saturated carbocycles. The average Bonchev–Trinajstić information content (AvgIpc) is 3.03. The molecule has 0 aromatic carbocycles. The Balaban J connectivity index is 1.72. The molecule has 8 nitrogen and oxygen atoms in total. The molecule has 8 heteroatoms. The van der Waals surface area contributed by atoms with Gasteiger partial charge in [-0.3, -0.25) is 19.1 Å². The zero-order chi connectivity index (χ0) is 15.3. The predicted octanol–water partition coefficient (Wildman–Crippen LogP) is 0.880. The first-order valence-electron chi connectivity index (χ1n) is 7.33.